The molecule has 2 aliphatic rings. The molecule has 0 N–H and O–H groups in total. The van der Waals surface area contributed by atoms with Gasteiger partial charge in [-0.2, -0.15) is 4.98 Å². The Kier molecular flexibility index (Phi) is 4.00. The van der Waals surface area contributed by atoms with Crippen LogP contribution >= 0.6 is 0 Å². The van der Waals surface area contributed by atoms with E-state index < -0.39 is 0 Å². The molecule has 1 saturated heterocycles. The molecule has 0 radical (unpaired) electrons. The zero-order valence-corrected chi connectivity index (χ0v) is 11.9. The first-order valence-electron chi connectivity index (χ1n) is 7.39. The Labute approximate surface area is 118 Å². The molecule has 2 fully saturated rings. The molecule has 1 unspecified atom stereocenters. The lowest BCUT2D eigenvalue weighted by Gasteiger charge is -2.31. The lowest BCUT2D eigenvalue weighted by Crippen LogP contribution is -2.37. The minimum Gasteiger partial charge on any atom is -0.375 e. The molecular formula is C14H21N3O3. The van der Waals surface area contributed by atoms with Crippen LogP contribution in [0.3, 0.4) is 0 Å². The second kappa shape index (κ2) is 5.91. The fourth-order valence-corrected chi connectivity index (χ4v) is 3.27. The summed E-state index contributed by atoms with van der Waals surface area (Å²) in [5.74, 6) is 1.42. The van der Waals surface area contributed by atoms with Crippen LogP contribution in [0.5, 0.6) is 0 Å². The summed E-state index contributed by atoms with van der Waals surface area (Å²) in [7, 11) is 1.59. The Morgan fingerprint density at radius 2 is 2.15 bits per heavy atom. The third kappa shape index (κ3) is 2.70. The van der Waals surface area contributed by atoms with Crippen LogP contribution < -0.4 is 0 Å². The van der Waals surface area contributed by atoms with Gasteiger partial charge in [-0.15, -0.1) is 0 Å². The molecule has 3 rings (SSSR count). The third-order valence-electron chi connectivity index (χ3n) is 4.29. The lowest BCUT2D eigenvalue weighted by atomic mass is 9.94. The molecule has 1 aromatic heterocycles. The van der Waals surface area contributed by atoms with Gasteiger partial charge in [0.15, 0.2) is 5.82 Å². The predicted molar refractivity (Wildman–Crippen MR) is 71.0 cm³/mol. The highest BCUT2D eigenvalue weighted by Crippen LogP contribution is 2.32. The molecule has 1 aliphatic carbocycles. The van der Waals surface area contributed by atoms with E-state index in [9.17, 15) is 4.79 Å². The highest BCUT2D eigenvalue weighted by atomic mass is 16.5. The summed E-state index contributed by atoms with van der Waals surface area (Å²) in [6.45, 7) is 1.05. The van der Waals surface area contributed by atoms with E-state index in [1.807, 2.05) is 4.90 Å². The van der Waals surface area contributed by atoms with Gasteiger partial charge in [-0.25, -0.2) is 0 Å². The van der Waals surface area contributed by atoms with Crippen molar-refractivity contribution >= 4 is 5.91 Å². The Morgan fingerprint density at radius 1 is 1.35 bits per heavy atom. The predicted octanol–water partition coefficient (Wildman–Crippen LogP) is 1.86. The number of hydrogen-bond donors (Lipinski definition) is 0. The summed E-state index contributed by atoms with van der Waals surface area (Å²) >= 11 is 0. The van der Waals surface area contributed by atoms with Crippen LogP contribution in [-0.2, 0) is 16.1 Å². The van der Waals surface area contributed by atoms with Gasteiger partial charge < -0.3 is 14.2 Å². The van der Waals surface area contributed by atoms with Crippen LogP contribution in [0, 0.1) is 0 Å². The van der Waals surface area contributed by atoms with Crippen molar-refractivity contribution in [2.75, 3.05) is 13.7 Å². The van der Waals surface area contributed by atoms with Crippen LogP contribution in [0.25, 0.3) is 0 Å². The first-order chi connectivity index (χ1) is 9.78. The Hall–Kier alpha value is -1.43. The molecule has 1 saturated carbocycles. The van der Waals surface area contributed by atoms with E-state index in [1.54, 1.807) is 7.11 Å². The van der Waals surface area contributed by atoms with Crippen LogP contribution in [0.2, 0.25) is 0 Å². The minimum absolute atomic E-state index is 0.0683. The summed E-state index contributed by atoms with van der Waals surface area (Å²) in [4.78, 5) is 18.6. The van der Waals surface area contributed by atoms with Crippen LogP contribution in [-0.4, -0.2) is 40.6 Å². The summed E-state index contributed by atoms with van der Waals surface area (Å²) in [6, 6.07) is 0.423. The summed E-state index contributed by atoms with van der Waals surface area (Å²) in [5, 5.41) is 3.99. The third-order valence-corrected chi connectivity index (χ3v) is 4.29. The van der Waals surface area contributed by atoms with E-state index in [4.69, 9.17) is 9.26 Å². The Bertz CT molecular complexity index is 468. The second-order valence-corrected chi connectivity index (χ2v) is 5.72. The SMILES string of the molecule is COCc1nc(C2CC(=O)N(C3CCCCC3)C2)no1. The van der Waals surface area contributed by atoms with Gasteiger partial charge in [0.1, 0.15) is 6.61 Å². The quantitative estimate of drug-likeness (QED) is 0.841. The Morgan fingerprint density at radius 3 is 2.90 bits per heavy atom. The molecule has 1 amide bonds. The second-order valence-electron chi connectivity index (χ2n) is 5.72. The van der Waals surface area contributed by atoms with Gasteiger partial charge in [-0.3, -0.25) is 4.79 Å². The molecule has 2 heterocycles. The topological polar surface area (TPSA) is 68.5 Å². The van der Waals surface area contributed by atoms with Crippen molar-refractivity contribution in [3.63, 3.8) is 0 Å². The van der Waals surface area contributed by atoms with Gasteiger partial charge in [0.05, 0.1) is 0 Å². The molecule has 1 aliphatic heterocycles. The summed E-state index contributed by atoms with van der Waals surface area (Å²) in [5.41, 5.74) is 0. The number of methoxy groups -OCH3 is 1. The van der Waals surface area contributed by atoms with Crippen molar-refractivity contribution in [1.82, 2.24) is 15.0 Å². The maximum atomic E-state index is 12.2. The fraction of sp³-hybridized carbons (Fsp3) is 0.786. The van der Waals surface area contributed by atoms with Crippen molar-refractivity contribution in [3.8, 4) is 0 Å². The molecule has 6 nitrogen and oxygen atoms in total. The van der Waals surface area contributed by atoms with Crippen LogP contribution in [0.15, 0.2) is 4.52 Å². The van der Waals surface area contributed by atoms with Crippen molar-refractivity contribution < 1.29 is 14.1 Å². The first-order valence-corrected chi connectivity index (χ1v) is 7.39. The molecule has 1 atom stereocenters. The van der Waals surface area contributed by atoms with Crippen molar-refractivity contribution in [2.24, 2.45) is 0 Å². The maximum absolute atomic E-state index is 12.2. The monoisotopic (exact) mass is 279 g/mol. The van der Waals surface area contributed by atoms with E-state index in [-0.39, 0.29) is 11.8 Å². The van der Waals surface area contributed by atoms with Gasteiger partial charge in [0, 0.05) is 32.0 Å². The first kappa shape index (κ1) is 13.5. The number of carbonyl (C=O) groups excluding carboxylic acids is 1. The molecule has 0 bridgehead atoms. The number of aromatic nitrogens is 2. The highest BCUT2D eigenvalue weighted by molar-refractivity contribution is 5.79. The van der Waals surface area contributed by atoms with Gasteiger partial charge in [-0.1, -0.05) is 24.4 Å². The standard InChI is InChI=1S/C14H21N3O3/c1-19-9-12-15-14(16-20-12)10-7-13(18)17(8-10)11-5-3-2-4-6-11/h10-11H,2-9H2,1H3. The number of rotatable bonds is 4. The van der Waals surface area contributed by atoms with Gasteiger partial charge in [0.2, 0.25) is 5.91 Å². The van der Waals surface area contributed by atoms with Gasteiger partial charge in [-0.05, 0) is 12.8 Å². The van der Waals surface area contributed by atoms with E-state index in [0.29, 0.717) is 30.8 Å². The maximum Gasteiger partial charge on any atom is 0.252 e. The molecule has 20 heavy (non-hydrogen) atoms. The number of nitrogens with zero attached hydrogens (tertiary/aromatic N) is 3. The number of likely N-dealkylation sites (tertiary alicyclic amines) is 1. The highest BCUT2D eigenvalue weighted by Gasteiger charge is 2.37. The summed E-state index contributed by atoms with van der Waals surface area (Å²) < 4.78 is 10.1. The fourth-order valence-electron chi connectivity index (χ4n) is 3.27. The zero-order chi connectivity index (χ0) is 13.9. The number of hydrogen-bond acceptors (Lipinski definition) is 5. The van der Waals surface area contributed by atoms with E-state index in [2.05, 4.69) is 10.1 Å². The van der Waals surface area contributed by atoms with E-state index in [0.717, 1.165) is 19.4 Å². The zero-order valence-electron chi connectivity index (χ0n) is 11.9. The van der Waals surface area contributed by atoms with Crippen molar-refractivity contribution in [1.29, 1.82) is 0 Å². The molecular weight excluding hydrogens is 258 g/mol. The van der Waals surface area contributed by atoms with Crippen LogP contribution in [0.4, 0.5) is 0 Å². The van der Waals surface area contributed by atoms with Crippen molar-refractivity contribution in [3.05, 3.63) is 11.7 Å². The van der Waals surface area contributed by atoms with Gasteiger partial charge in [0.25, 0.3) is 5.89 Å². The van der Waals surface area contributed by atoms with Gasteiger partial charge >= 0.3 is 0 Å². The Balaban J connectivity index is 1.65. The van der Waals surface area contributed by atoms with Crippen LogP contribution in [0.1, 0.15) is 56.2 Å². The largest absolute Gasteiger partial charge is 0.375 e. The molecule has 0 spiro atoms. The summed E-state index contributed by atoms with van der Waals surface area (Å²) in [6.07, 6.45) is 6.55. The average Bonchev–Trinajstić information content (AvgIpc) is 3.07. The lowest BCUT2D eigenvalue weighted by molar-refractivity contribution is -0.130. The number of amides is 1. The minimum atomic E-state index is 0.0683. The normalized spacial score (nSPS) is 24.6. The van der Waals surface area contributed by atoms with Crippen molar-refractivity contribution in [2.45, 2.75) is 57.1 Å². The molecule has 6 heteroatoms. The smallest absolute Gasteiger partial charge is 0.252 e. The molecule has 1 aromatic rings. The van der Waals surface area contributed by atoms with E-state index >= 15 is 0 Å². The molecule has 0 aromatic carbocycles. The molecule has 110 valence electrons. The number of carbonyl (C=O) groups is 1. The van der Waals surface area contributed by atoms with E-state index in [1.165, 1.54) is 19.3 Å². The average molecular weight is 279 g/mol. The number of ether oxygens (including phenoxy) is 1.